The molecule has 2 heterocycles. The third-order valence-corrected chi connectivity index (χ3v) is 5.19. The minimum atomic E-state index is -0.353. The summed E-state index contributed by atoms with van der Waals surface area (Å²) in [5, 5.41) is 4.77. The molecule has 0 saturated carbocycles. The highest BCUT2D eigenvalue weighted by atomic mass is 35.5. The fraction of sp³-hybridized carbons (Fsp3) is 0.300. The predicted octanol–water partition coefficient (Wildman–Crippen LogP) is 2.62. The van der Waals surface area contributed by atoms with E-state index in [0.717, 1.165) is 31.6 Å². The highest BCUT2D eigenvalue weighted by Gasteiger charge is 2.22. The van der Waals surface area contributed by atoms with Gasteiger partial charge in [0.05, 0.1) is 16.9 Å². The Labute approximate surface area is 170 Å². The van der Waals surface area contributed by atoms with Crippen LogP contribution in [-0.4, -0.2) is 36.8 Å². The molecular formula is C20H25ClN6O. The summed E-state index contributed by atoms with van der Waals surface area (Å²) in [4.78, 5) is 19.4. The van der Waals surface area contributed by atoms with Crippen LogP contribution in [0.5, 0.6) is 0 Å². The second-order valence-electron chi connectivity index (χ2n) is 6.75. The number of halogens is 1. The lowest BCUT2D eigenvalue weighted by atomic mass is 9.96. The second kappa shape index (κ2) is 9.05. The Bertz CT molecular complexity index is 839. The number of hydrogen-bond donors (Lipinski definition) is 3. The van der Waals surface area contributed by atoms with Gasteiger partial charge in [-0.15, -0.1) is 0 Å². The minimum Gasteiger partial charge on any atom is -0.370 e. The van der Waals surface area contributed by atoms with Crippen molar-refractivity contribution in [2.75, 3.05) is 29.9 Å². The molecule has 2 aliphatic heterocycles. The number of nitrogens with one attached hydrogen (secondary N) is 1. The van der Waals surface area contributed by atoms with Crippen LogP contribution in [0.15, 0.2) is 59.5 Å². The van der Waals surface area contributed by atoms with Gasteiger partial charge >= 0.3 is 0 Å². The van der Waals surface area contributed by atoms with Crippen LogP contribution < -0.4 is 21.8 Å². The van der Waals surface area contributed by atoms with E-state index in [0.29, 0.717) is 29.0 Å². The first-order valence-corrected chi connectivity index (χ1v) is 9.58. The molecular weight excluding hydrogens is 376 g/mol. The van der Waals surface area contributed by atoms with Gasteiger partial charge in [0.1, 0.15) is 0 Å². The largest absolute Gasteiger partial charge is 0.370 e. The molecule has 0 spiro atoms. The van der Waals surface area contributed by atoms with E-state index in [-0.39, 0.29) is 11.5 Å². The van der Waals surface area contributed by atoms with E-state index in [2.05, 4.69) is 21.8 Å². The molecule has 3 rings (SSSR count). The summed E-state index contributed by atoms with van der Waals surface area (Å²) in [6.45, 7) is 6.21. The standard InChI is InChI=1S/C20H25ClN6O/c1-2-16(19-24-8-3-9-27(19)23)20(28)25-17-12-15(21)4-5-18(17)26-10-6-14(13-22)7-11-26/h2-5,8-9,12,14H,1,6-7,10-11,13,22-23H2,(H,25,28)/b19-16+. The van der Waals surface area contributed by atoms with Crippen molar-refractivity contribution in [2.24, 2.45) is 22.5 Å². The maximum Gasteiger partial charge on any atom is 0.259 e. The molecule has 28 heavy (non-hydrogen) atoms. The molecule has 0 radical (unpaired) electrons. The van der Waals surface area contributed by atoms with Gasteiger partial charge in [-0.25, -0.2) is 10.8 Å². The molecule has 1 saturated heterocycles. The first kappa shape index (κ1) is 20.1. The summed E-state index contributed by atoms with van der Waals surface area (Å²) in [5.41, 5.74) is 7.64. The van der Waals surface area contributed by atoms with Gasteiger partial charge in [0.15, 0.2) is 5.82 Å². The molecule has 0 aromatic heterocycles. The molecule has 0 atom stereocenters. The van der Waals surface area contributed by atoms with Crippen LogP contribution in [0.2, 0.25) is 5.02 Å². The number of nitrogens with zero attached hydrogens (tertiary/aromatic N) is 3. The Morgan fingerprint density at radius 3 is 2.79 bits per heavy atom. The van der Waals surface area contributed by atoms with Gasteiger partial charge in [-0.1, -0.05) is 24.3 Å². The average Bonchev–Trinajstić information content (AvgIpc) is 2.70. The summed E-state index contributed by atoms with van der Waals surface area (Å²) < 4.78 is 0. The highest BCUT2D eigenvalue weighted by molar-refractivity contribution is 6.31. The summed E-state index contributed by atoms with van der Waals surface area (Å²) in [6, 6.07) is 5.50. The lowest BCUT2D eigenvalue weighted by molar-refractivity contribution is -0.112. The molecule has 148 valence electrons. The van der Waals surface area contributed by atoms with Crippen molar-refractivity contribution in [3.8, 4) is 0 Å². The van der Waals surface area contributed by atoms with Crippen molar-refractivity contribution < 1.29 is 4.79 Å². The first-order valence-electron chi connectivity index (χ1n) is 9.21. The number of allylic oxidation sites excluding steroid dienone is 1. The molecule has 7 nitrogen and oxygen atoms in total. The van der Waals surface area contributed by atoms with Crippen molar-refractivity contribution >= 4 is 35.1 Å². The average molecular weight is 401 g/mol. The SMILES string of the molecule is C=C/C(C(=O)Nc1cc(Cl)ccc1N1CCC(CN)CC1)=C1/N=CC=CN1N. The van der Waals surface area contributed by atoms with E-state index >= 15 is 0 Å². The fourth-order valence-corrected chi connectivity index (χ4v) is 3.53. The summed E-state index contributed by atoms with van der Waals surface area (Å²) in [7, 11) is 0. The van der Waals surface area contributed by atoms with E-state index in [9.17, 15) is 4.79 Å². The number of hydrazine groups is 1. The fourth-order valence-electron chi connectivity index (χ4n) is 3.36. The van der Waals surface area contributed by atoms with E-state index in [4.69, 9.17) is 23.2 Å². The number of aliphatic imine (C=N–C) groups is 1. The zero-order valence-corrected chi connectivity index (χ0v) is 16.4. The molecule has 8 heteroatoms. The second-order valence-corrected chi connectivity index (χ2v) is 7.19. The van der Waals surface area contributed by atoms with Crippen molar-refractivity contribution in [1.82, 2.24) is 5.01 Å². The normalized spacial score (nSPS) is 19.0. The number of benzene rings is 1. The Hall–Kier alpha value is -2.61. The summed E-state index contributed by atoms with van der Waals surface area (Å²) >= 11 is 6.19. The molecule has 1 aromatic carbocycles. The first-order chi connectivity index (χ1) is 13.5. The number of carbonyl (C=O) groups is 1. The van der Waals surface area contributed by atoms with Gasteiger partial charge in [-0.05, 0) is 49.6 Å². The number of hydrogen-bond acceptors (Lipinski definition) is 6. The molecule has 1 fully saturated rings. The molecule has 0 bridgehead atoms. The molecule has 1 amide bonds. The van der Waals surface area contributed by atoms with E-state index in [1.807, 2.05) is 12.1 Å². The van der Waals surface area contributed by atoms with Crippen molar-refractivity contribution in [2.45, 2.75) is 12.8 Å². The smallest absolute Gasteiger partial charge is 0.259 e. The van der Waals surface area contributed by atoms with Crippen LogP contribution in [0, 0.1) is 5.92 Å². The van der Waals surface area contributed by atoms with Crippen LogP contribution in [0.1, 0.15) is 12.8 Å². The van der Waals surface area contributed by atoms with E-state index in [1.54, 1.807) is 24.6 Å². The van der Waals surface area contributed by atoms with Crippen LogP contribution in [-0.2, 0) is 4.79 Å². The zero-order valence-electron chi connectivity index (χ0n) is 15.6. The third kappa shape index (κ3) is 4.44. The molecule has 5 N–H and O–H groups in total. The lowest BCUT2D eigenvalue weighted by Gasteiger charge is -2.34. The van der Waals surface area contributed by atoms with Crippen LogP contribution in [0.4, 0.5) is 11.4 Å². The van der Waals surface area contributed by atoms with Gasteiger partial charge in [0.2, 0.25) is 0 Å². The van der Waals surface area contributed by atoms with Crippen LogP contribution >= 0.6 is 11.6 Å². The zero-order chi connectivity index (χ0) is 20.1. The number of piperidine rings is 1. The number of anilines is 2. The van der Waals surface area contributed by atoms with Crippen molar-refractivity contribution in [3.63, 3.8) is 0 Å². The Morgan fingerprint density at radius 2 is 2.14 bits per heavy atom. The van der Waals surface area contributed by atoms with Gasteiger partial charge in [-0.2, -0.15) is 0 Å². The van der Waals surface area contributed by atoms with Gasteiger partial charge in [0.25, 0.3) is 5.91 Å². The third-order valence-electron chi connectivity index (χ3n) is 4.96. The van der Waals surface area contributed by atoms with Crippen LogP contribution in [0.3, 0.4) is 0 Å². The Morgan fingerprint density at radius 1 is 1.39 bits per heavy atom. The number of carbonyl (C=O) groups excluding carboxylic acids is 1. The minimum absolute atomic E-state index is 0.274. The van der Waals surface area contributed by atoms with Crippen molar-refractivity contribution in [3.05, 3.63) is 59.5 Å². The van der Waals surface area contributed by atoms with Gasteiger partial charge in [0, 0.05) is 30.5 Å². The maximum absolute atomic E-state index is 12.9. The van der Waals surface area contributed by atoms with E-state index in [1.165, 1.54) is 11.1 Å². The van der Waals surface area contributed by atoms with Gasteiger partial charge in [-0.3, -0.25) is 9.80 Å². The number of rotatable bonds is 5. The molecule has 0 unspecified atom stereocenters. The Kier molecular flexibility index (Phi) is 6.51. The molecule has 0 aliphatic carbocycles. The lowest BCUT2D eigenvalue weighted by Crippen LogP contribution is -2.36. The molecule has 1 aromatic rings. The molecule has 2 aliphatic rings. The summed E-state index contributed by atoms with van der Waals surface area (Å²) in [6.07, 6.45) is 8.36. The summed E-state index contributed by atoms with van der Waals surface area (Å²) in [5.74, 6) is 6.41. The monoisotopic (exact) mass is 400 g/mol. The topological polar surface area (TPSA) is 100.0 Å². The quantitative estimate of drug-likeness (QED) is 0.521. The van der Waals surface area contributed by atoms with Crippen LogP contribution in [0.25, 0.3) is 0 Å². The maximum atomic E-state index is 12.9. The van der Waals surface area contributed by atoms with E-state index < -0.39 is 0 Å². The highest BCUT2D eigenvalue weighted by Crippen LogP contribution is 2.32. The number of nitrogens with two attached hydrogens (primary N) is 2. The Balaban J connectivity index is 1.85. The number of amides is 1. The predicted molar refractivity (Wildman–Crippen MR) is 115 cm³/mol. The van der Waals surface area contributed by atoms with Gasteiger partial charge < -0.3 is 16.0 Å². The van der Waals surface area contributed by atoms with Crippen molar-refractivity contribution in [1.29, 1.82) is 0 Å².